The van der Waals surface area contributed by atoms with Crippen molar-refractivity contribution < 1.29 is 0 Å². The van der Waals surface area contributed by atoms with E-state index in [2.05, 4.69) is 9.80 Å². The van der Waals surface area contributed by atoms with Gasteiger partial charge in [-0.15, -0.1) is 0 Å². The van der Waals surface area contributed by atoms with Gasteiger partial charge in [0.1, 0.15) is 0 Å². The zero-order chi connectivity index (χ0) is 8.39. The molecule has 0 aliphatic carbocycles. The van der Waals surface area contributed by atoms with Crippen LogP contribution in [-0.4, -0.2) is 55.1 Å². The van der Waals surface area contributed by atoms with Crippen LogP contribution in [-0.2, 0) is 0 Å². The highest BCUT2D eigenvalue weighted by Crippen LogP contribution is 2.19. The van der Waals surface area contributed by atoms with Crippen molar-refractivity contribution in [1.29, 1.82) is 0 Å². The molecular weight excluding hydrogens is 150 g/mol. The largest absolute Gasteiger partial charge is 0.329 e. The number of nitrogens with two attached hydrogens (primary N) is 1. The summed E-state index contributed by atoms with van der Waals surface area (Å²) in [7, 11) is 0. The van der Waals surface area contributed by atoms with Crippen molar-refractivity contribution in [2.24, 2.45) is 5.73 Å². The third kappa shape index (κ3) is 1.63. The van der Waals surface area contributed by atoms with Crippen LogP contribution in [0.1, 0.15) is 12.8 Å². The van der Waals surface area contributed by atoms with Crippen LogP contribution in [0.15, 0.2) is 0 Å². The van der Waals surface area contributed by atoms with E-state index >= 15 is 0 Å². The van der Waals surface area contributed by atoms with E-state index in [4.69, 9.17) is 5.73 Å². The number of nitrogens with zero attached hydrogens (tertiary/aromatic N) is 2. The molecule has 0 atom stereocenters. The van der Waals surface area contributed by atoms with Crippen LogP contribution in [0.3, 0.4) is 0 Å². The first-order valence-electron chi connectivity index (χ1n) is 5.06. The van der Waals surface area contributed by atoms with Gasteiger partial charge in [-0.25, -0.2) is 0 Å². The lowest BCUT2D eigenvalue weighted by Gasteiger charge is -2.44. The monoisotopic (exact) mass is 169 g/mol. The van der Waals surface area contributed by atoms with E-state index in [9.17, 15) is 0 Å². The minimum atomic E-state index is 0.812. The molecule has 2 N–H and O–H groups in total. The second-order valence-corrected chi connectivity index (χ2v) is 3.95. The van der Waals surface area contributed by atoms with Crippen LogP contribution in [0, 0.1) is 0 Å². The Morgan fingerprint density at radius 3 is 2.42 bits per heavy atom. The van der Waals surface area contributed by atoms with E-state index < -0.39 is 0 Å². The van der Waals surface area contributed by atoms with Crippen molar-refractivity contribution in [2.45, 2.75) is 18.9 Å². The lowest BCUT2D eigenvalue weighted by molar-refractivity contribution is 0.0507. The van der Waals surface area contributed by atoms with Gasteiger partial charge in [-0.2, -0.15) is 0 Å². The summed E-state index contributed by atoms with van der Waals surface area (Å²) in [4.78, 5) is 5.08. The summed E-state index contributed by atoms with van der Waals surface area (Å²) in [6, 6.07) is 0.860. The van der Waals surface area contributed by atoms with Crippen LogP contribution in [0.4, 0.5) is 0 Å². The van der Waals surface area contributed by atoms with Gasteiger partial charge in [0.15, 0.2) is 0 Å². The van der Waals surface area contributed by atoms with E-state index in [1.165, 1.54) is 39.0 Å². The van der Waals surface area contributed by atoms with Gasteiger partial charge in [-0.1, -0.05) is 0 Å². The minimum Gasteiger partial charge on any atom is -0.329 e. The van der Waals surface area contributed by atoms with Gasteiger partial charge in [-0.05, 0) is 25.9 Å². The summed E-state index contributed by atoms with van der Waals surface area (Å²) < 4.78 is 0. The topological polar surface area (TPSA) is 32.5 Å². The summed E-state index contributed by atoms with van der Waals surface area (Å²) in [5.74, 6) is 0. The fourth-order valence-electron chi connectivity index (χ4n) is 2.25. The summed E-state index contributed by atoms with van der Waals surface area (Å²) in [6.45, 7) is 7.09. The third-order valence-corrected chi connectivity index (χ3v) is 3.04. The Hall–Kier alpha value is -0.120. The highest BCUT2D eigenvalue weighted by atomic mass is 15.3. The minimum absolute atomic E-state index is 0.812. The molecule has 0 radical (unpaired) electrons. The average Bonchev–Trinajstić information content (AvgIpc) is 2.47. The lowest BCUT2D eigenvalue weighted by atomic mass is 10.1. The van der Waals surface area contributed by atoms with E-state index in [1.54, 1.807) is 0 Å². The summed E-state index contributed by atoms with van der Waals surface area (Å²) >= 11 is 0. The molecule has 2 saturated heterocycles. The third-order valence-electron chi connectivity index (χ3n) is 3.04. The zero-order valence-electron chi connectivity index (χ0n) is 7.71. The maximum Gasteiger partial charge on any atom is 0.0350 e. The molecule has 2 fully saturated rings. The van der Waals surface area contributed by atoms with Crippen molar-refractivity contribution in [1.82, 2.24) is 9.80 Å². The fraction of sp³-hybridized carbons (Fsp3) is 1.00. The second-order valence-electron chi connectivity index (χ2n) is 3.95. The number of hydrogen-bond acceptors (Lipinski definition) is 3. The molecule has 0 unspecified atom stereocenters. The van der Waals surface area contributed by atoms with E-state index in [0.29, 0.717) is 0 Å². The van der Waals surface area contributed by atoms with Crippen molar-refractivity contribution >= 4 is 0 Å². The van der Waals surface area contributed by atoms with E-state index in [0.717, 1.165) is 19.1 Å². The summed E-state index contributed by atoms with van der Waals surface area (Å²) in [6.07, 6.45) is 2.82. The Morgan fingerprint density at radius 2 is 1.83 bits per heavy atom. The molecule has 3 heteroatoms. The molecule has 0 saturated carbocycles. The standard InChI is InChI=1S/C9H19N3/c10-3-6-11-7-9(8-11)12-4-1-2-5-12/h9H,1-8,10H2. The first kappa shape index (κ1) is 8.48. The molecule has 0 bridgehead atoms. The van der Waals surface area contributed by atoms with Gasteiger partial charge < -0.3 is 5.73 Å². The molecule has 0 amide bonds. The number of hydrogen-bond donors (Lipinski definition) is 1. The first-order chi connectivity index (χ1) is 5.90. The molecule has 2 rings (SSSR count). The molecule has 0 aromatic heterocycles. The van der Waals surface area contributed by atoms with Crippen molar-refractivity contribution in [3.8, 4) is 0 Å². The SMILES string of the molecule is NCCN1CC(N2CCCC2)C1. The summed E-state index contributed by atoms with van der Waals surface area (Å²) in [5, 5.41) is 0. The normalized spacial score (nSPS) is 27.8. The van der Waals surface area contributed by atoms with Crippen LogP contribution in [0.5, 0.6) is 0 Å². The Kier molecular flexibility index (Phi) is 2.63. The summed E-state index contributed by atoms with van der Waals surface area (Å²) in [5.41, 5.74) is 5.48. The predicted molar refractivity (Wildman–Crippen MR) is 50.1 cm³/mol. The van der Waals surface area contributed by atoms with Gasteiger partial charge in [0.25, 0.3) is 0 Å². The smallest absolute Gasteiger partial charge is 0.0350 e. The predicted octanol–water partition coefficient (Wildman–Crippen LogP) is -0.275. The molecule has 12 heavy (non-hydrogen) atoms. The Labute approximate surface area is 74.5 Å². The van der Waals surface area contributed by atoms with Crippen LogP contribution in [0.25, 0.3) is 0 Å². The maximum atomic E-state index is 5.48. The fourth-order valence-corrected chi connectivity index (χ4v) is 2.25. The molecule has 0 spiro atoms. The average molecular weight is 169 g/mol. The Bertz CT molecular complexity index is 137. The zero-order valence-corrected chi connectivity index (χ0v) is 7.71. The highest BCUT2D eigenvalue weighted by molar-refractivity contribution is 4.89. The lowest BCUT2D eigenvalue weighted by Crippen LogP contribution is -2.59. The highest BCUT2D eigenvalue weighted by Gasteiger charge is 2.31. The van der Waals surface area contributed by atoms with Crippen LogP contribution >= 0.6 is 0 Å². The maximum absolute atomic E-state index is 5.48. The molecule has 0 aromatic carbocycles. The number of rotatable bonds is 3. The van der Waals surface area contributed by atoms with Crippen molar-refractivity contribution in [3.05, 3.63) is 0 Å². The van der Waals surface area contributed by atoms with Gasteiger partial charge in [0.05, 0.1) is 0 Å². The van der Waals surface area contributed by atoms with E-state index in [-0.39, 0.29) is 0 Å². The van der Waals surface area contributed by atoms with Crippen LogP contribution in [0.2, 0.25) is 0 Å². The second kappa shape index (κ2) is 3.73. The van der Waals surface area contributed by atoms with E-state index in [1.807, 2.05) is 0 Å². The molecule has 2 aliphatic rings. The van der Waals surface area contributed by atoms with Crippen molar-refractivity contribution in [2.75, 3.05) is 39.3 Å². The number of likely N-dealkylation sites (tertiary alicyclic amines) is 2. The molecule has 2 aliphatic heterocycles. The molecule has 0 aromatic rings. The molecule has 2 heterocycles. The van der Waals surface area contributed by atoms with Gasteiger partial charge in [0, 0.05) is 32.2 Å². The Balaban J connectivity index is 1.66. The Morgan fingerprint density at radius 1 is 1.17 bits per heavy atom. The van der Waals surface area contributed by atoms with Gasteiger partial charge in [-0.3, -0.25) is 9.80 Å². The molecule has 70 valence electrons. The van der Waals surface area contributed by atoms with Gasteiger partial charge in [0.2, 0.25) is 0 Å². The van der Waals surface area contributed by atoms with Crippen LogP contribution < -0.4 is 5.73 Å². The molecule has 3 nitrogen and oxygen atoms in total. The first-order valence-corrected chi connectivity index (χ1v) is 5.06. The molecular formula is C9H19N3. The van der Waals surface area contributed by atoms with Crippen molar-refractivity contribution in [3.63, 3.8) is 0 Å². The quantitative estimate of drug-likeness (QED) is 0.631. The van der Waals surface area contributed by atoms with Gasteiger partial charge >= 0.3 is 0 Å².